The van der Waals surface area contributed by atoms with Crippen molar-refractivity contribution in [3.8, 4) is 0 Å². The van der Waals surface area contributed by atoms with Gasteiger partial charge in [0, 0.05) is 6.04 Å². The normalized spacial score (nSPS) is 18.0. The van der Waals surface area contributed by atoms with Gasteiger partial charge >= 0.3 is 0 Å². The summed E-state index contributed by atoms with van der Waals surface area (Å²) in [6.07, 6.45) is 2.70. The molecule has 0 heterocycles. The van der Waals surface area contributed by atoms with Crippen molar-refractivity contribution in [3.05, 3.63) is 65.0 Å². The van der Waals surface area contributed by atoms with Crippen molar-refractivity contribution < 1.29 is 12.8 Å². The van der Waals surface area contributed by atoms with Crippen LogP contribution in [0.5, 0.6) is 0 Å². The molecule has 0 saturated carbocycles. The monoisotopic (exact) mass is 319 g/mol. The summed E-state index contributed by atoms with van der Waals surface area (Å²) in [7, 11) is -3.67. The van der Waals surface area contributed by atoms with E-state index in [0.717, 1.165) is 24.8 Å². The predicted octanol–water partition coefficient (Wildman–Crippen LogP) is 3.49. The van der Waals surface area contributed by atoms with Gasteiger partial charge in [-0.05, 0) is 61.1 Å². The Bertz CT molecular complexity index is 802. The van der Waals surface area contributed by atoms with E-state index in [1.165, 1.54) is 23.8 Å². The van der Waals surface area contributed by atoms with Gasteiger partial charge in [0.2, 0.25) is 10.0 Å². The maximum atomic E-state index is 13.2. The minimum Gasteiger partial charge on any atom is -0.207 e. The smallest absolute Gasteiger partial charge is 0.207 e. The van der Waals surface area contributed by atoms with Gasteiger partial charge in [-0.3, -0.25) is 0 Å². The van der Waals surface area contributed by atoms with Gasteiger partial charge < -0.3 is 0 Å². The van der Waals surface area contributed by atoms with Crippen molar-refractivity contribution in [2.75, 3.05) is 0 Å². The summed E-state index contributed by atoms with van der Waals surface area (Å²) < 4.78 is 41.2. The molecule has 2 aromatic rings. The topological polar surface area (TPSA) is 46.2 Å². The maximum Gasteiger partial charge on any atom is 0.241 e. The number of hydrogen-bond donors (Lipinski definition) is 1. The highest BCUT2D eigenvalue weighted by Crippen LogP contribution is 2.31. The second-order valence-corrected chi connectivity index (χ2v) is 7.36. The van der Waals surface area contributed by atoms with Crippen LogP contribution in [0.4, 0.5) is 4.39 Å². The van der Waals surface area contributed by atoms with Crippen LogP contribution in [0.2, 0.25) is 0 Å². The average Bonchev–Trinajstić information content (AvgIpc) is 2.47. The third-order valence-corrected chi connectivity index (χ3v) is 5.73. The Morgan fingerprint density at radius 3 is 2.73 bits per heavy atom. The Kier molecular flexibility index (Phi) is 4.02. The van der Waals surface area contributed by atoms with Crippen LogP contribution >= 0.6 is 0 Å². The summed E-state index contributed by atoms with van der Waals surface area (Å²) in [6.45, 7) is 1.60. The van der Waals surface area contributed by atoms with Crippen LogP contribution < -0.4 is 4.72 Å². The Labute approximate surface area is 130 Å². The average molecular weight is 319 g/mol. The van der Waals surface area contributed by atoms with E-state index in [0.29, 0.717) is 5.56 Å². The molecule has 1 unspecified atom stereocenters. The van der Waals surface area contributed by atoms with Crippen LogP contribution in [0.25, 0.3) is 0 Å². The summed E-state index contributed by atoms with van der Waals surface area (Å²) in [5.41, 5.74) is 2.64. The fraction of sp³-hybridized carbons (Fsp3) is 0.294. The lowest BCUT2D eigenvalue weighted by Crippen LogP contribution is -2.31. The highest BCUT2D eigenvalue weighted by Gasteiger charge is 2.26. The number of halogens is 1. The van der Waals surface area contributed by atoms with Gasteiger partial charge in [-0.25, -0.2) is 17.5 Å². The van der Waals surface area contributed by atoms with Gasteiger partial charge in [-0.2, -0.15) is 0 Å². The van der Waals surface area contributed by atoms with Gasteiger partial charge in [0.05, 0.1) is 4.90 Å². The van der Waals surface area contributed by atoms with Gasteiger partial charge in [-0.1, -0.05) is 24.3 Å². The van der Waals surface area contributed by atoms with E-state index in [1.54, 1.807) is 6.92 Å². The molecule has 3 rings (SSSR count). The predicted molar refractivity (Wildman–Crippen MR) is 83.6 cm³/mol. The molecule has 0 radical (unpaired) electrons. The first kappa shape index (κ1) is 15.2. The molecule has 0 saturated heterocycles. The van der Waals surface area contributed by atoms with Crippen molar-refractivity contribution in [3.63, 3.8) is 0 Å². The molecule has 0 aliphatic heterocycles. The lowest BCUT2D eigenvalue weighted by Gasteiger charge is -2.26. The van der Waals surface area contributed by atoms with Crippen LogP contribution in [0.1, 0.15) is 35.6 Å². The van der Waals surface area contributed by atoms with Crippen molar-refractivity contribution in [2.45, 2.75) is 37.1 Å². The second-order valence-electron chi connectivity index (χ2n) is 5.67. The summed E-state index contributed by atoms with van der Waals surface area (Å²) in [4.78, 5) is 0.136. The highest BCUT2D eigenvalue weighted by atomic mass is 32.2. The Morgan fingerprint density at radius 1 is 1.18 bits per heavy atom. The largest absolute Gasteiger partial charge is 0.241 e. The SMILES string of the molecule is Cc1cc(F)ccc1S(=O)(=O)NC1CCCc2ccccc21. The van der Waals surface area contributed by atoms with Crippen LogP contribution in [0.15, 0.2) is 47.4 Å². The first-order chi connectivity index (χ1) is 10.5. The molecule has 0 amide bonds. The minimum absolute atomic E-state index is 0.136. The van der Waals surface area contributed by atoms with Crippen molar-refractivity contribution in [1.29, 1.82) is 0 Å². The van der Waals surface area contributed by atoms with E-state index in [1.807, 2.05) is 24.3 Å². The van der Waals surface area contributed by atoms with Gasteiger partial charge in [-0.15, -0.1) is 0 Å². The van der Waals surface area contributed by atoms with E-state index in [4.69, 9.17) is 0 Å². The number of aryl methyl sites for hydroxylation is 2. The molecule has 5 heteroatoms. The zero-order chi connectivity index (χ0) is 15.7. The lowest BCUT2D eigenvalue weighted by atomic mass is 9.88. The highest BCUT2D eigenvalue weighted by molar-refractivity contribution is 7.89. The maximum absolute atomic E-state index is 13.2. The van der Waals surface area contributed by atoms with E-state index < -0.39 is 15.8 Å². The number of rotatable bonds is 3. The molecule has 1 aliphatic carbocycles. The third-order valence-electron chi connectivity index (χ3n) is 4.09. The number of hydrogen-bond acceptors (Lipinski definition) is 2. The molecule has 2 aromatic carbocycles. The molecule has 0 fully saturated rings. The molecule has 1 aliphatic rings. The van der Waals surface area contributed by atoms with Crippen molar-refractivity contribution >= 4 is 10.0 Å². The van der Waals surface area contributed by atoms with Crippen molar-refractivity contribution in [2.24, 2.45) is 0 Å². The molecular formula is C17H18FNO2S. The summed E-state index contributed by atoms with van der Waals surface area (Å²) in [6, 6.07) is 11.4. The number of sulfonamides is 1. The molecule has 0 aromatic heterocycles. The van der Waals surface area contributed by atoms with Crippen molar-refractivity contribution in [1.82, 2.24) is 4.72 Å². The van der Waals surface area contributed by atoms with E-state index >= 15 is 0 Å². The Hall–Kier alpha value is -1.72. The van der Waals surface area contributed by atoms with E-state index in [-0.39, 0.29) is 10.9 Å². The first-order valence-electron chi connectivity index (χ1n) is 7.34. The Morgan fingerprint density at radius 2 is 1.95 bits per heavy atom. The van der Waals surface area contributed by atoms with Gasteiger partial charge in [0.1, 0.15) is 5.82 Å². The fourth-order valence-corrected chi connectivity index (χ4v) is 4.52. The molecular weight excluding hydrogens is 301 g/mol. The molecule has 22 heavy (non-hydrogen) atoms. The Balaban J connectivity index is 1.93. The zero-order valence-corrected chi connectivity index (χ0v) is 13.2. The molecule has 0 spiro atoms. The standard InChI is InChI=1S/C17H18FNO2S/c1-12-11-14(18)9-10-17(12)22(20,21)19-16-8-4-6-13-5-2-3-7-15(13)16/h2-3,5,7,9-11,16,19H,4,6,8H2,1H3. The quantitative estimate of drug-likeness (QED) is 0.941. The third kappa shape index (κ3) is 2.91. The number of nitrogens with one attached hydrogen (secondary N) is 1. The summed E-state index contributed by atoms with van der Waals surface area (Å²) >= 11 is 0. The van der Waals surface area contributed by atoms with Gasteiger partial charge in [0.25, 0.3) is 0 Å². The zero-order valence-electron chi connectivity index (χ0n) is 12.3. The van der Waals surface area contributed by atoms with E-state index in [9.17, 15) is 12.8 Å². The van der Waals surface area contributed by atoms with Crippen LogP contribution in [-0.2, 0) is 16.4 Å². The van der Waals surface area contributed by atoms with E-state index in [2.05, 4.69) is 4.72 Å². The van der Waals surface area contributed by atoms with Gasteiger partial charge in [0.15, 0.2) is 0 Å². The molecule has 0 bridgehead atoms. The minimum atomic E-state index is -3.67. The summed E-state index contributed by atoms with van der Waals surface area (Å²) in [5.74, 6) is -0.431. The summed E-state index contributed by atoms with van der Waals surface area (Å²) in [5, 5.41) is 0. The molecule has 1 N–H and O–H groups in total. The fourth-order valence-electron chi connectivity index (χ4n) is 3.04. The number of fused-ring (bicyclic) bond motifs is 1. The van der Waals surface area contributed by atoms with Crippen LogP contribution in [0.3, 0.4) is 0 Å². The molecule has 116 valence electrons. The van der Waals surface area contributed by atoms with Crippen LogP contribution in [-0.4, -0.2) is 8.42 Å². The lowest BCUT2D eigenvalue weighted by molar-refractivity contribution is 0.507. The molecule has 1 atom stereocenters. The first-order valence-corrected chi connectivity index (χ1v) is 8.82. The second kappa shape index (κ2) is 5.82. The van der Waals surface area contributed by atoms with Crippen LogP contribution in [0, 0.1) is 12.7 Å². The number of benzene rings is 2. The molecule has 3 nitrogen and oxygen atoms in total.